The van der Waals surface area contributed by atoms with Crippen molar-refractivity contribution >= 4 is 58.5 Å². The Morgan fingerprint density at radius 1 is 0.829 bits per heavy atom. The number of benzene rings is 4. The summed E-state index contributed by atoms with van der Waals surface area (Å²) in [6, 6.07) is 30.0. The number of methoxy groups -OCH3 is 1. The van der Waals surface area contributed by atoms with Crippen LogP contribution in [0, 0.1) is 0 Å². The van der Waals surface area contributed by atoms with E-state index in [-0.39, 0.29) is 11.6 Å². The van der Waals surface area contributed by atoms with Crippen LogP contribution in [0.25, 0.3) is 6.08 Å². The third-order valence-corrected chi connectivity index (χ3v) is 7.34. The summed E-state index contributed by atoms with van der Waals surface area (Å²) in [5, 5.41) is 8.47. The molecule has 0 aliphatic rings. The first-order valence-corrected chi connectivity index (χ1v) is 13.9. The monoisotopic (exact) mass is 585 g/mol. The molecule has 1 unspecified atom stereocenters. The smallest absolute Gasteiger partial charge is 0.272 e. The number of thioether (sulfide) groups is 1. The molecule has 0 saturated heterocycles. The third kappa shape index (κ3) is 8.23. The molecule has 0 saturated carbocycles. The summed E-state index contributed by atoms with van der Waals surface area (Å²) in [4.78, 5) is 39.7. The number of hydrogen-bond donors (Lipinski definition) is 3. The zero-order chi connectivity index (χ0) is 29.2. The van der Waals surface area contributed by atoms with E-state index in [1.54, 1.807) is 85.8 Å². The minimum atomic E-state index is -0.506. The first-order chi connectivity index (χ1) is 19.8. The molecular formula is C32H28ClN3O4S. The van der Waals surface area contributed by atoms with Gasteiger partial charge in [-0.2, -0.15) is 0 Å². The van der Waals surface area contributed by atoms with E-state index >= 15 is 0 Å². The summed E-state index contributed by atoms with van der Waals surface area (Å²) in [6.07, 6.45) is 1.57. The molecule has 4 rings (SSSR count). The van der Waals surface area contributed by atoms with E-state index in [4.69, 9.17) is 16.3 Å². The molecule has 4 aromatic rings. The van der Waals surface area contributed by atoms with Crippen LogP contribution < -0.4 is 20.7 Å². The molecule has 7 nitrogen and oxygen atoms in total. The number of para-hydroxylation sites is 2. The molecule has 0 spiro atoms. The average Bonchev–Trinajstić information content (AvgIpc) is 2.99. The van der Waals surface area contributed by atoms with E-state index in [2.05, 4.69) is 16.0 Å². The van der Waals surface area contributed by atoms with Gasteiger partial charge in [0.2, 0.25) is 5.91 Å². The summed E-state index contributed by atoms with van der Waals surface area (Å²) >= 11 is 7.52. The summed E-state index contributed by atoms with van der Waals surface area (Å²) in [5.41, 5.74) is 2.17. The van der Waals surface area contributed by atoms with Crippen LogP contribution in [0.4, 0.5) is 11.4 Å². The fourth-order valence-electron chi connectivity index (χ4n) is 3.75. The molecule has 4 aromatic carbocycles. The maximum atomic E-state index is 13.3. The predicted molar refractivity (Wildman–Crippen MR) is 165 cm³/mol. The third-order valence-electron chi connectivity index (χ3n) is 5.89. The van der Waals surface area contributed by atoms with Gasteiger partial charge in [-0.05, 0) is 67.6 Å². The standard InChI is InChI=1S/C32H28ClN3O4S/c1-21(30(37)35-27-14-8-7-13-26(27)33)41-25-18-16-24(17-19-25)34-32(39)28(20-23-12-6-9-15-29(23)40-2)36-31(38)22-10-4-3-5-11-22/h3-21H,1-2H3,(H,34,39)(H,35,37)(H,36,38)/b28-20-. The Bertz CT molecular complexity index is 1560. The molecule has 0 bridgehead atoms. The molecule has 0 aliphatic heterocycles. The lowest BCUT2D eigenvalue weighted by Crippen LogP contribution is -2.30. The van der Waals surface area contributed by atoms with Gasteiger partial charge in [0.1, 0.15) is 11.4 Å². The maximum Gasteiger partial charge on any atom is 0.272 e. The lowest BCUT2D eigenvalue weighted by Gasteiger charge is -2.14. The summed E-state index contributed by atoms with van der Waals surface area (Å²) < 4.78 is 5.41. The average molecular weight is 586 g/mol. The van der Waals surface area contributed by atoms with Gasteiger partial charge in [-0.3, -0.25) is 14.4 Å². The van der Waals surface area contributed by atoms with Crippen molar-refractivity contribution in [3.8, 4) is 5.75 Å². The van der Waals surface area contributed by atoms with E-state index in [1.165, 1.54) is 18.9 Å². The molecular weight excluding hydrogens is 558 g/mol. The molecule has 0 heterocycles. The minimum Gasteiger partial charge on any atom is -0.496 e. The molecule has 0 aliphatic carbocycles. The second kappa shape index (κ2) is 14.2. The van der Waals surface area contributed by atoms with Crippen molar-refractivity contribution < 1.29 is 19.1 Å². The van der Waals surface area contributed by atoms with E-state index in [0.29, 0.717) is 33.3 Å². The van der Waals surface area contributed by atoms with Crippen LogP contribution in [-0.2, 0) is 9.59 Å². The van der Waals surface area contributed by atoms with Gasteiger partial charge in [-0.25, -0.2) is 0 Å². The van der Waals surface area contributed by atoms with Crippen LogP contribution in [0.5, 0.6) is 5.75 Å². The Morgan fingerprint density at radius 2 is 1.49 bits per heavy atom. The molecule has 1 atom stereocenters. The Balaban J connectivity index is 1.46. The first-order valence-electron chi connectivity index (χ1n) is 12.7. The number of hydrogen-bond acceptors (Lipinski definition) is 5. The van der Waals surface area contributed by atoms with Crippen molar-refractivity contribution in [2.45, 2.75) is 17.1 Å². The summed E-state index contributed by atoms with van der Waals surface area (Å²) in [7, 11) is 1.54. The van der Waals surface area contributed by atoms with E-state index < -0.39 is 17.1 Å². The van der Waals surface area contributed by atoms with Gasteiger partial charge < -0.3 is 20.7 Å². The van der Waals surface area contributed by atoms with Crippen LogP contribution in [0.2, 0.25) is 5.02 Å². The Kier molecular flexibility index (Phi) is 10.2. The van der Waals surface area contributed by atoms with E-state index in [9.17, 15) is 14.4 Å². The molecule has 0 aromatic heterocycles. The molecule has 3 amide bonds. The molecule has 0 radical (unpaired) electrons. The van der Waals surface area contributed by atoms with Crippen molar-refractivity contribution in [1.82, 2.24) is 5.32 Å². The number of nitrogens with one attached hydrogen (secondary N) is 3. The van der Waals surface area contributed by atoms with Crippen molar-refractivity contribution in [1.29, 1.82) is 0 Å². The van der Waals surface area contributed by atoms with Gasteiger partial charge in [0.25, 0.3) is 11.8 Å². The molecule has 41 heavy (non-hydrogen) atoms. The number of carbonyl (C=O) groups excluding carboxylic acids is 3. The predicted octanol–water partition coefficient (Wildman–Crippen LogP) is 6.88. The summed E-state index contributed by atoms with van der Waals surface area (Å²) in [6.45, 7) is 1.80. The first kappa shape index (κ1) is 29.5. The second-order valence-corrected chi connectivity index (χ2v) is 10.6. The van der Waals surface area contributed by atoms with Crippen molar-refractivity contribution in [2.75, 3.05) is 17.7 Å². The number of carbonyl (C=O) groups is 3. The fraction of sp³-hybridized carbons (Fsp3) is 0.0938. The topological polar surface area (TPSA) is 96.5 Å². The normalized spacial score (nSPS) is 11.7. The highest BCUT2D eigenvalue weighted by molar-refractivity contribution is 8.00. The van der Waals surface area contributed by atoms with Gasteiger partial charge in [-0.1, -0.05) is 60.1 Å². The SMILES string of the molecule is COc1ccccc1/C=C(\NC(=O)c1ccccc1)C(=O)Nc1ccc(SC(C)C(=O)Nc2ccccc2Cl)cc1. The highest BCUT2D eigenvalue weighted by atomic mass is 35.5. The number of amides is 3. The van der Waals surface area contributed by atoms with Crippen LogP contribution in [0.15, 0.2) is 114 Å². The largest absolute Gasteiger partial charge is 0.496 e. The van der Waals surface area contributed by atoms with Gasteiger partial charge in [0, 0.05) is 21.7 Å². The summed E-state index contributed by atoms with van der Waals surface area (Å²) in [5.74, 6) is -0.549. The highest BCUT2D eigenvalue weighted by Gasteiger charge is 2.18. The van der Waals surface area contributed by atoms with E-state index in [1.807, 2.05) is 30.3 Å². The zero-order valence-electron chi connectivity index (χ0n) is 22.4. The van der Waals surface area contributed by atoms with Crippen LogP contribution >= 0.6 is 23.4 Å². The van der Waals surface area contributed by atoms with Crippen molar-refractivity contribution in [3.63, 3.8) is 0 Å². The van der Waals surface area contributed by atoms with Crippen LogP contribution in [0.3, 0.4) is 0 Å². The van der Waals surface area contributed by atoms with Crippen molar-refractivity contribution in [3.05, 3.63) is 125 Å². The minimum absolute atomic E-state index is 0.0478. The van der Waals surface area contributed by atoms with Gasteiger partial charge in [0.15, 0.2) is 0 Å². The second-order valence-electron chi connectivity index (χ2n) is 8.83. The number of ether oxygens (including phenoxy) is 1. The molecule has 208 valence electrons. The highest BCUT2D eigenvalue weighted by Crippen LogP contribution is 2.27. The van der Waals surface area contributed by atoms with Gasteiger partial charge in [-0.15, -0.1) is 11.8 Å². The number of halogens is 1. The lowest BCUT2D eigenvalue weighted by atomic mass is 10.1. The van der Waals surface area contributed by atoms with Crippen LogP contribution in [0.1, 0.15) is 22.8 Å². The zero-order valence-corrected chi connectivity index (χ0v) is 24.0. The lowest BCUT2D eigenvalue weighted by molar-refractivity contribution is -0.115. The molecule has 9 heteroatoms. The van der Waals surface area contributed by atoms with E-state index in [0.717, 1.165) is 4.90 Å². The quantitative estimate of drug-likeness (QED) is 0.139. The van der Waals surface area contributed by atoms with Crippen molar-refractivity contribution in [2.24, 2.45) is 0 Å². The van der Waals surface area contributed by atoms with Gasteiger partial charge >= 0.3 is 0 Å². The maximum absolute atomic E-state index is 13.3. The Morgan fingerprint density at radius 3 is 2.20 bits per heavy atom. The number of rotatable bonds is 10. The Hall–Kier alpha value is -4.53. The Labute approximate surface area is 248 Å². The number of anilines is 2. The van der Waals surface area contributed by atoms with Crippen LogP contribution in [-0.4, -0.2) is 30.1 Å². The fourth-order valence-corrected chi connectivity index (χ4v) is 4.80. The van der Waals surface area contributed by atoms with Gasteiger partial charge in [0.05, 0.1) is 23.1 Å². The molecule has 0 fully saturated rings. The molecule has 3 N–H and O–H groups in total.